The van der Waals surface area contributed by atoms with Gasteiger partial charge in [0.2, 0.25) is 9.84 Å². The normalized spacial score (nSPS) is 16.2. The van der Waals surface area contributed by atoms with E-state index in [2.05, 4.69) is 21.0 Å². The Morgan fingerprint density at radius 1 is 1.14 bits per heavy atom. The lowest BCUT2D eigenvalue weighted by molar-refractivity contribution is 0.362. The van der Waals surface area contributed by atoms with Crippen molar-refractivity contribution >= 4 is 27.1 Å². The number of benzene rings is 1. The average Bonchev–Trinajstić information content (AvgIpc) is 3.16. The van der Waals surface area contributed by atoms with E-state index < -0.39 is 9.84 Å². The van der Waals surface area contributed by atoms with Crippen LogP contribution in [-0.4, -0.2) is 23.4 Å². The summed E-state index contributed by atoms with van der Waals surface area (Å²) >= 11 is 0. The third-order valence-electron chi connectivity index (χ3n) is 5.40. The first kappa shape index (κ1) is 18.9. The first-order valence-corrected chi connectivity index (χ1v) is 11.4. The molecule has 1 N–H and O–H groups in total. The molecule has 1 fully saturated rings. The van der Waals surface area contributed by atoms with Gasteiger partial charge in [0, 0.05) is 6.20 Å². The molecule has 1 aliphatic rings. The van der Waals surface area contributed by atoms with Crippen molar-refractivity contribution in [2.75, 3.05) is 0 Å². The topological polar surface area (TPSA) is 75.7 Å². The van der Waals surface area contributed by atoms with Gasteiger partial charge in [-0.3, -0.25) is 0 Å². The molecular weight excluding hydrogens is 370 g/mol. The minimum Gasteiger partial charge on any atom is -0.345 e. The Labute approximate surface area is 165 Å². The number of hydrogen-bond acceptors (Lipinski definition) is 4. The van der Waals surface area contributed by atoms with Crippen molar-refractivity contribution in [1.29, 1.82) is 0 Å². The van der Waals surface area contributed by atoms with Crippen LogP contribution in [0.1, 0.15) is 49.8 Å². The summed E-state index contributed by atoms with van der Waals surface area (Å²) in [6.45, 7) is 1.88. The van der Waals surface area contributed by atoms with Gasteiger partial charge in [-0.05, 0) is 49.1 Å². The van der Waals surface area contributed by atoms with Crippen molar-refractivity contribution in [3.63, 3.8) is 0 Å². The third-order valence-corrected chi connectivity index (χ3v) is 7.09. The van der Waals surface area contributed by atoms with Gasteiger partial charge in [-0.15, -0.1) is 0 Å². The molecule has 4 rings (SSSR count). The highest BCUT2D eigenvalue weighted by atomic mass is 32.2. The number of hydrogen-bond donors (Lipinski definition) is 1. The predicted molar refractivity (Wildman–Crippen MR) is 111 cm³/mol. The first-order valence-electron chi connectivity index (χ1n) is 9.87. The van der Waals surface area contributed by atoms with Crippen LogP contribution in [0, 0.1) is 12.8 Å². The van der Waals surface area contributed by atoms with Crippen LogP contribution < -0.4 is 0 Å². The third kappa shape index (κ3) is 3.87. The van der Waals surface area contributed by atoms with E-state index in [1.165, 1.54) is 32.1 Å². The molecule has 2 heterocycles. The number of aromatic amines is 1. The van der Waals surface area contributed by atoms with Gasteiger partial charge in [-0.25, -0.2) is 18.4 Å². The highest BCUT2D eigenvalue weighted by Crippen LogP contribution is 2.28. The number of aromatic nitrogens is 3. The van der Waals surface area contributed by atoms with E-state index in [1.807, 2.05) is 25.1 Å². The zero-order valence-corrected chi connectivity index (χ0v) is 16.9. The molecule has 146 valence electrons. The number of sulfone groups is 1. The number of rotatable bonds is 5. The summed E-state index contributed by atoms with van der Waals surface area (Å²) in [7, 11) is -3.76. The Morgan fingerprint density at radius 3 is 2.75 bits per heavy atom. The van der Waals surface area contributed by atoms with Gasteiger partial charge in [0.25, 0.3) is 0 Å². The second-order valence-electron chi connectivity index (χ2n) is 7.59. The molecule has 0 saturated heterocycles. The Balaban J connectivity index is 1.73. The molecular formula is C22H25N3O2S. The van der Waals surface area contributed by atoms with Crippen molar-refractivity contribution < 1.29 is 8.42 Å². The SMILES string of the molecule is Cc1cccc(S(=O)(=O)c2nc3[nH]ccc3nc2/C=C/CC2CCCCC2)c1. The van der Waals surface area contributed by atoms with E-state index in [-0.39, 0.29) is 9.92 Å². The molecule has 5 nitrogen and oxygen atoms in total. The van der Waals surface area contributed by atoms with Crippen molar-refractivity contribution in [3.05, 3.63) is 53.9 Å². The van der Waals surface area contributed by atoms with E-state index in [9.17, 15) is 8.42 Å². The smallest absolute Gasteiger partial charge is 0.226 e. The number of fused-ring (bicyclic) bond motifs is 1. The van der Waals surface area contributed by atoms with Crippen molar-refractivity contribution in [1.82, 2.24) is 15.0 Å². The minimum atomic E-state index is -3.76. The predicted octanol–water partition coefficient (Wildman–Crippen LogP) is 5.08. The summed E-state index contributed by atoms with van der Waals surface area (Å²) in [5.41, 5.74) is 2.45. The van der Waals surface area contributed by atoms with Gasteiger partial charge >= 0.3 is 0 Å². The van der Waals surface area contributed by atoms with Crippen LogP contribution in [0.25, 0.3) is 17.2 Å². The molecule has 2 aromatic heterocycles. The van der Waals surface area contributed by atoms with E-state index in [4.69, 9.17) is 0 Å². The number of nitrogens with one attached hydrogen (secondary N) is 1. The lowest BCUT2D eigenvalue weighted by Crippen LogP contribution is -2.09. The van der Waals surface area contributed by atoms with Crippen molar-refractivity contribution in [2.24, 2.45) is 5.92 Å². The van der Waals surface area contributed by atoms with Crippen LogP contribution in [0.15, 0.2) is 52.5 Å². The molecule has 0 amide bonds. The molecule has 0 spiro atoms. The second kappa shape index (κ2) is 7.87. The van der Waals surface area contributed by atoms with Crippen LogP contribution in [-0.2, 0) is 9.84 Å². The summed E-state index contributed by atoms with van der Waals surface area (Å²) < 4.78 is 26.6. The van der Waals surface area contributed by atoms with E-state index in [1.54, 1.807) is 24.4 Å². The van der Waals surface area contributed by atoms with E-state index in [0.717, 1.165) is 12.0 Å². The molecule has 0 bridgehead atoms. The number of aryl methyl sites for hydroxylation is 1. The standard InChI is InChI=1S/C22H25N3O2S/c1-16-7-5-11-18(15-16)28(26,27)22-20(24-19-13-14-23-21(19)25-22)12-6-10-17-8-3-2-4-9-17/h5-7,11-15,17H,2-4,8-10H2,1H3,(H,23,25)/b12-6+. The zero-order valence-electron chi connectivity index (χ0n) is 16.1. The van der Waals surface area contributed by atoms with Crippen molar-refractivity contribution in [3.8, 4) is 0 Å². The van der Waals surface area contributed by atoms with Gasteiger partial charge < -0.3 is 4.98 Å². The highest BCUT2D eigenvalue weighted by molar-refractivity contribution is 7.91. The Morgan fingerprint density at radius 2 is 1.96 bits per heavy atom. The molecule has 6 heteroatoms. The van der Waals surface area contributed by atoms with E-state index >= 15 is 0 Å². The largest absolute Gasteiger partial charge is 0.345 e. The summed E-state index contributed by atoms with van der Waals surface area (Å²) in [6.07, 6.45) is 13.0. The average molecular weight is 396 g/mol. The zero-order chi connectivity index (χ0) is 19.6. The number of allylic oxidation sites excluding steroid dienone is 1. The Bertz CT molecular complexity index is 1110. The fourth-order valence-electron chi connectivity index (χ4n) is 3.86. The fraction of sp³-hybridized carbons (Fsp3) is 0.364. The van der Waals surface area contributed by atoms with Gasteiger partial charge in [-0.1, -0.05) is 50.3 Å². The quantitative estimate of drug-likeness (QED) is 0.653. The molecule has 0 radical (unpaired) electrons. The maximum absolute atomic E-state index is 13.3. The fourth-order valence-corrected chi connectivity index (χ4v) is 5.29. The highest BCUT2D eigenvalue weighted by Gasteiger charge is 2.24. The maximum Gasteiger partial charge on any atom is 0.226 e. The van der Waals surface area contributed by atoms with Gasteiger partial charge in [0.1, 0.15) is 11.2 Å². The summed E-state index contributed by atoms with van der Waals surface area (Å²) in [4.78, 5) is 12.2. The summed E-state index contributed by atoms with van der Waals surface area (Å²) in [5, 5.41) is 0.00736. The van der Waals surface area contributed by atoms with Crippen molar-refractivity contribution in [2.45, 2.75) is 55.4 Å². The van der Waals surface area contributed by atoms with Gasteiger partial charge in [-0.2, -0.15) is 0 Å². The molecule has 28 heavy (non-hydrogen) atoms. The molecule has 0 atom stereocenters. The summed E-state index contributed by atoms with van der Waals surface area (Å²) in [5.74, 6) is 0.686. The van der Waals surface area contributed by atoms with Gasteiger partial charge in [0.05, 0.1) is 4.90 Å². The Hall–Kier alpha value is -2.47. The summed E-state index contributed by atoms with van der Waals surface area (Å²) in [6, 6.07) is 8.72. The molecule has 3 aromatic rings. The number of nitrogens with zero attached hydrogens (tertiary/aromatic N) is 2. The van der Waals surface area contributed by atoms with Gasteiger partial charge in [0.15, 0.2) is 10.7 Å². The van der Waals surface area contributed by atoms with Crippen LogP contribution in [0.4, 0.5) is 0 Å². The minimum absolute atomic E-state index is 0.00736. The molecule has 1 aromatic carbocycles. The monoisotopic (exact) mass is 395 g/mol. The molecule has 0 aliphatic heterocycles. The Kier molecular flexibility index (Phi) is 5.31. The molecule has 0 unspecified atom stereocenters. The molecule has 1 aliphatic carbocycles. The van der Waals surface area contributed by atoms with Crippen LogP contribution in [0.2, 0.25) is 0 Å². The molecule has 1 saturated carbocycles. The first-order chi connectivity index (χ1) is 13.5. The second-order valence-corrected chi connectivity index (χ2v) is 9.45. The van der Waals surface area contributed by atoms with Crippen LogP contribution in [0.5, 0.6) is 0 Å². The lowest BCUT2D eigenvalue weighted by Gasteiger charge is -2.19. The lowest BCUT2D eigenvalue weighted by atomic mass is 9.87. The van der Waals surface area contributed by atoms with Crippen LogP contribution in [0.3, 0.4) is 0 Å². The van der Waals surface area contributed by atoms with E-state index in [0.29, 0.717) is 22.8 Å². The maximum atomic E-state index is 13.3. The van der Waals surface area contributed by atoms with Crippen LogP contribution >= 0.6 is 0 Å². The number of H-pyrrole nitrogens is 1.